The first kappa shape index (κ1) is 20.4. The van der Waals surface area contributed by atoms with Crippen molar-refractivity contribution < 1.29 is 5.11 Å². The Balaban J connectivity index is 1.52. The fraction of sp³-hybridized carbons (Fsp3) is 0.560. The van der Waals surface area contributed by atoms with Crippen molar-refractivity contribution in [2.75, 3.05) is 20.1 Å². The summed E-state index contributed by atoms with van der Waals surface area (Å²) in [7, 11) is 1.80. The molecule has 2 heterocycles. The first-order valence-corrected chi connectivity index (χ1v) is 11.2. The number of aliphatic hydroxyl groups excluding tert-OH is 1. The quantitative estimate of drug-likeness (QED) is 0.580. The molecule has 0 amide bonds. The number of benzene rings is 1. The summed E-state index contributed by atoms with van der Waals surface area (Å²) in [6, 6.07) is 9.73. The lowest BCUT2D eigenvalue weighted by Crippen LogP contribution is -2.43. The molecule has 1 aliphatic heterocycles. The van der Waals surface area contributed by atoms with Gasteiger partial charge in [-0.2, -0.15) is 0 Å². The van der Waals surface area contributed by atoms with Gasteiger partial charge in [0.25, 0.3) is 0 Å². The van der Waals surface area contributed by atoms with Crippen LogP contribution in [0, 0.1) is 0 Å². The van der Waals surface area contributed by atoms with Gasteiger partial charge in [-0.05, 0) is 58.4 Å². The molecule has 0 unspecified atom stereocenters. The summed E-state index contributed by atoms with van der Waals surface area (Å²) in [4.78, 5) is 6.99. The van der Waals surface area contributed by atoms with Crippen molar-refractivity contribution in [3.63, 3.8) is 0 Å². The summed E-state index contributed by atoms with van der Waals surface area (Å²) < 4.78 is 2.41. The number of aromatic nitrogens is 1. The lowest BCUT2D eigenvalue weighted by atomic mass is 9.86. The molecule has 4 heteroatoms. The van der Waals surface area contributed by atoms with Crippen LogP contribution < -0.4 is 0 Å². The highest BCUT2D eigenvalue weighted by atomic mass is 16.3. The van der Waals surface area contributed by atoms with Crippen LogP contribution in [-0.2, 0) is 6.61 Å². The van der Waals surface area contributed by atoms with E-state index in [1.54, 1.807) is 12.6 Å². The van der Waals surface area contributed by atoms with Gasteiger partial charge in [0.05, 0.1) is 12.3 Å². The highest BCUT2D eigenvalue weighted by Gasteiger charge is 2.30. The van der Waals surface area contributed by atoms with Gasteiger partial charge >= 0.3 is 0 Å². The van der Waals surface area contributed by atoms with Crippen molar-refractivity contribution in [2.45, 2.75) is 71.1 Å². The van der Waals surface area contributed by atoms with E-state index in [0.29, 0.717) is 6.04 Å². The highest BCUT2D eigenvalue weighted by Crippen LogP contribution is 2.36. The molecule has 1 aromatic heterocycles. The predicted molar refractivity (Wildman–Crippen MR) is 122 cm³/mol. The molecule has 4 nitrogen and oxygen atoms in total. The maximum absolute atomic E-state index is 10.2. The van der Waals surface area contributed by atoms with Crippen molar-refractivity contribution >= 4 is 17.1 Å². The largest absolute Gasteiger partial charge is 0.390 e. The maximum Gasteiger partial charge on any atom is 0.0840 e. The second-order valence-electron chi connectivity index (χ2n) is 8.89. The minimum Gasteiger partial charge on any atom is -0.390 e. The van der Waals surface area contributed by atoms with E-state index in [4.69, 9.17) is 0 Å². The Morgan fingerprint density at radius 3 is 2.38 bits per heavy atom. The molecule has 0 atom stereocenters. The summed E-state index contributed by atoms with van der Waals surface area (Å²) in [5.74, 6) is 0. The number of rotatable bonds is 4. The van der Waals surface area contributed by atoms with Gasteiger partial charge in [-0.25, -0.2) is 0 Å². The fourth-order valence-corrected chi connectivity index (χ4v) is 5.52. The number of hydrogen-bond acceptors (Lipinski definition) is 3. The van der Waals surface area contributed by atoms with E-state index in [9.17, 15) is 5.11 Å². The van der Waals surface area contributed by atoms with E-state index in [1.165, 1.54) is 42.2 Å². The topological polar surface area (TPSA) is 40.8 Å². The van der Waals surface area contributed by atoms with Crippen LogP contribution in [-0.4, -0.2) is 47.0 Å². The Kier molecular flexibility index (Phi) is 6.21. The van der Waals surface area contributed by atoms with Gasteiger partial charge in [-0.3, -0.25) is 4.99 Å². The maximum atomic E-state index is 10.2. The molecule has 0 radical (unpaired) electrons. The molecule has 1 N–H and O–H groups in total. The van der Waals surface area contributed by atoms with E-state index in [1.807, 2.05) is 6.21 Å². The van der Waals surface area contributed by atoms with Crippen LogP contribution in [0.1, 0.15) is 69.7 Å². The van der Waals surface area contributed by atoms with E-state index in [0.717, 1.165) is 43.2 Å². The second-order valence-corrected chi connectivity index (χ2v) is 8.89. The average molecular weight is 394 g/mol. The molecule has 1 saturated heterocycles. The van der Waals surface area contributed by atoms with E-state index >= 15 is 0 Å². The number of para-hydroxylation sites is 1. The molecular weight excluding hydrogens is 358 g/mol. The standard InChI is InChI=1S/C25H35N3O/c1-18(2)19-8-10-20(11-9-19)27-14-12-21(13-15-27)28-24-7-5-4-6-22(24)23(16-26-3)25(28)17-29/h4-7,16,20-21,29H,8-15,17H2,1-3H3/b26-16-. The van der Waals surface area contributed by atoms with Gasteiger partial charge in [0.2, 0.25) is 0 Å². The first-order chi connectivity index (χ1) is 14.1. The molecule has 0 spiro atoms. The minimum atomic E-state index is 0.0599. The highest BCUT2D eigenvalue weighted by molar-refractivity contribution is 6.01. The fourth-order valence-electron chi connectivity index (χ4n) is 5.52. The van der Waals surface area contributed by atoms with E-state index in [-0.39, 0.29) is 6.61 Å². The van der Waals surface area contributed by atoms with Crippen LogP contribution in [0.25, 0.3) is 10.9 Å². The first-order valence-electron chi connectivity index (χ1n) is 11.2. The van der Waals surface area contributed by atoms with Crippen molar-refractivity contribution in [1.82, 2.24) is 9.47 Å². The molecule has 1 aliphatic carbocycles. The second kappa shape index (κ2) is 8.85. The number of likely N-dealkylation sites (tertiary alicyclic amines) is 1. The Morgan fingerprint density at radius 2 is 1.76 bits per heavy atom. The van der Waals surface area contributed by atoms with Gasteiger partial charge in [-0.1, -0.05) is 29.3 Å². The van der Waals surface area contributed by atoms with E-state index < -0.39 is 0 Å². The van der Waals surface area contributed by atoms with Crippen LogP contribution in [0.5, 0.6) is 0 Å². The number of nitrogens with zero attached hydrogens (tertiary/aromatic N) is 3. The number of allylic oxidation sites excluding steroid dienone is 2. The summed E-state index contributed by atoms with van der Waals surface area (Å²) in [6.07, 6.45) is 9.41. The predicted octanol–water partition coefficient (Wildman–Crippen LogP) is 5.10. The zero-order chi connectivity index (χ0) is 20.4. The van der Waals surface area contributed by atoms with Gasteiger partial charge < -0.3 is 14.6 Å². The van der Waals surface area contributed by atoms with Crippen LogP contribution in [0.2, 0.25) is 0 Å². The summed E-state index contributed by atoms with van der Waals surface area (Å²) in [5, 5.41) is 11.4. The van der Waals surface area contributed by atoms with Crippen LogP contribution in [0.15, 0.2) is 40.4 Å². The SMILES string of the molecule is C/N=C\c1c(CO)n(C2CCN(C3CCC(=C(C)C)CC3)CC2)c2ccccc12. The normalized spacial score (nSPS) is 22.1. The zero-order valence-electron chi connectivity index (χ0n) is 18.2. The van der Waals surface area contributed by atoms with Crippen LogP contribution in [0.4, 0.5) is 0 Å². The minimum absolute atomic E-state index is 0.0599. The summed E-state index contributed by atoms with van der Waals surface area (Å²) in [5.41, 5.74) is 6.55. The van der Waals surface area contributed by atoms with Gasteiger partial charge in [0.15, 0.2) is 0 Å². The number of aliphatic imine (C=N–C) groups is 1. The molecule has 29 heavy (non-hydrogen) atoms. The van der Waals surface area contributed by atoms with E-state index in [2.05, 4.69) is 52.6 Å². The number of piperidine rings is 1. The van der Waals surface area contributed by atoms with Crippen molar-refractivity contribution in [1.29, 1.82) is 0 Å². The van der Waals surface area contributed by atoms with Crippen LogP contribution >= 0.6 is 0 Å². The average Bonchev–Trinajstić information content (AvgIpc) is 3.08. The monoisotopic (exact) mass is 393 g/mol. The molecule has 4 rings (SSSR count). The van der Waals surface area contributed by atoms with Gasteiger partial charge in [0.1, 0.15) is 0 Å². The Morgan fingerprint density at radius 1 is 1.07 bits per heavy atom. The third-order valence-electron chi connectivity index (χ3n) is 7.11. The Hall–Kier alpha value is -1.91. The smallest absolute Gasteiger partial charge is 0.0840 e. The summed E-state index contributed by atoms with van der Waals surface area (Å²) >= 11 is 0. The van der Waals surface area contributed by atoms with Gasteiger partial charge in [0, 0.05) is 54.9 Å². The molecule has 2 aromatic rings. The van der Waals surface area contributed by atoms with Crippen molar-refractivity contribution in [3.05, 3.63) is 46.7 Å². The molecular formula is C25H35N3O. The molecule has 1 aromatic carbocycles. The third kappa shape index (κ3) is 3.93. The molecule has 2 fully saturated rings. The number of aliphatic hydroxyl groups is 1. The number of fused-ring (bicyclic) bond motifs is 1. The van der Waals surface area contributed by atoms with Crippen molar-refractivity contribution in [3.8, 4) is 0 Å². The van der Waals surface area contributed by atoms with Gasteiger partial charge in [-0.15, -0.1) is 0 Å². The third-order valence-corrected chi connectivity index (χ3v) is 7.11. The summed E-state index contributed by atoms with van der Waals surface area (Å²) in [6.45, 7) is 6.91. The molecule has 156 valence electrons. The molecule has 0 bridgehead atoms. The molecule has 2 aliphatic rings. The Labute approximate surface area is 174 Å². The zero-order valence-corrected chi connectivity index (χ0v) is 18.2. The van der Waals surface area contributed by atoms with Crippen molar-refractivity contribution in [2.24, 2.45) is 4.99 Å². The number of hydrogen-bond donors (Lipinski definition) is 1. The molecule has 1 saturated carbocycles. The Bertz CT molecular complexity index is 902. The van der Waals surface area contributed by atoms with Crippen LogP contribution in [0.3, 0.4) is 0 Å². The lowest BCUT2D eigenvalue weighted by Gasteiger charge is -2.40. The lowest BCUT2D eigenvalue weighted by molar-refractivity contribution is 0.115.